The molecule has 2 aliphatic carbocycles. The zero-order chi connectivity index (χ0) is 12.3. The first-order valence-electron chi connectivity index (χ1n) is 6.08. The lowest BCUT2D eigenvalue weighted by atomic mass is 10.2. The summed E-state index contributed by atoms with van der Waals surface area (Å²) in [4.78, 5) is 21.1. The summed E-state index contributed by atoms with van der Waals surface area (Å²) in [5.41, 5.74) is 0. The van der Waals surface area contributed by atoms with Crippen LogP contribution >= 0.6 is 15.9 Å². The summed E-state index contributed by atoms with van der Waals surface area (Å²) in [7, 11) is 0. The third-order valence-electron chi connectivity index (χ3n) is 3.61. The third-order valence-corrected chi connectivity index (χ3v) is 4.44. The highest BCUT2D eigenvalue weighted by Crippen LogP contribution is 2.41. The summed E-state index contributed by atoms with van der Waals surface area (Å²) in [6.45, 7) is 5.52. The van der Waals surface area contributed by atoms with Gasteiger partial charge in [0.25, 0.3) is 0 Å². The van der Waals surface area contributed by atoms with Crippen molar-refractivity contribution in [1.82, 2.24) is 0 Å². The van der Waals surface area contributed by atoms with E-state index in [1.165, 1.54) is 6.42 Å². The normalized spacial score (nSPS) is 34.8. The second kappa shape index (κ2) is 5.95. The first kappa shape index (κ1) is 13.9. The highest BCUT2D eigenvalue weighted by atomic mass is 79.9. The van der Waals surface area contributed by atoms with E-state index in [1.54, 1.807) is 13.8 Å². The lowest BCUT2D eigenvalue weighted by molar-refractivity contribution is -0.119. The van der Waals surface area contributed by atoms with Gasteiger partial charge in [-0.1, -0.05) is 29.3 Å². The molecule has 2 saturated carbocycles. The fourth-order valence-corrected chi connectivity index (χ4v) is 2.83. The van der Waals surface area contributed by atoms with Crippen LogP contribution in [-0.4, -0.2) is 16.9 Å². The zero-order valence-corrected chi connectivity index (χ0v) is 11.9. The predicted molar refractivity (Wildman–Crippen MR) is 68.6 cm³/mol. The average Bonchev–Trinajstić information content (AvgIpc) is 3.11. The molecule has 0 radical (unpaired) electrons. The van der Waals surface area contributed by atoms with Crippen molar-refractivity contribution in [3.8, 4) is 0 Å². The van der Waals surface area contributed by atoms with Crippen molar-refractivity contribution in [3.63, 3.8) is 0 Å². The van der Waals surface area contributed by atoms with E-state index in [1.807, 2.05) is 0 Å². The van der Waals surface area contributed by atoms with E-state index < -0.39 is 0 Å². The number of carbonyl (C=O) groups is 2. The Kier molecular flexibility index (Phi) is 5.16. The van der Waals surface area contributed by atoms with Crippen molar-refractivity contribution in [2.75, 3.05) is 5.33 Å². The number of alkyl halides is 1. The molecule has 2 rings (SSSR count). The molecule has 0 unspecified atom stereocenters. The van der Waals surface area contributed by atoms with Crippen molar-refractivity contribution in [2.24, 2.45) is 23.7 Å². The zero-order valence-electron chi connectivity index (χ0n) is 10.3. The van der Waals surface area contributed by atoms with E-state index in [-0.39, 0.29) is 0 Å². The second-order valence-corrected chi connectivity index (χ2v) is 5.64. The van der Waals surface area contributed by atoms with E-state index in [4.69, 9.17) is 0 Å². The molecule has 3 heteroatoms. The summed E-state index contributed by atoms with van der Waals surface area (Å²) in [6.07, 6.45) is 3.46. The smallest absolute Gasteiger partial charge is 0.133 e. The number of hydrogen-bond acceptors (Lipinski definition) is 2. The van der Waals surface area contributed by atoms with Crippen LogP contribution in [0.1, 0.15) is 40.0 Å². The Morgan fingerprint density at radius 2 is 1.50 bits per heavy atom. The van der Waals surface area contributed by atoms with E-state index >= 15 is 0 Å². The van der Waals surface area contributed by atoms with Gasteiger partial charge in [0.15, 0.2) is 0 Å². The van der Waals surface area contributed by atoms with E-state index in [0.717, 1.165) is 24.1 Å². The molecular formula is C13H21BrO2. The van der Waals surface area contributed by atoms with Crippen molar-refractivity contribution >= 4 is 27.5 Å². The molecule has 0 aromatic rings. The first-order valence-corrected chi connectivity index (χ1v) is 7.20. The van der Waals surface area contributed by atoms with Gasteiger partial charge < -0.3 is 0 Å². The average molecular weight is 289 g/mol. The second-order valence-electron chi connectivity index (χ2n) is 4.99. The molecule has 92 valence electrons. The number of hydrogen-bond donors (Lipinski definition) is 0. The standard InChI is InChI=1S/C7H12O.C6H9BrO/c1-3-6-4-7(6)5(2)8;1-4(8)6-2-5(6)3-7/h6-7H,3-4H2,1-2H3;5-6H,2-3H2,1H3/t6-,7+;5-,6-/m10/s1. The maximum absolute atomic E-state index is 10.6. The Hall–Kier alpha value is -0.180. The van der Waals surface area contributed by atoms with Gasteiger partial charge >= 0.3 is 0 Å². The number of carbonyl (C=O) groups excluding carboxylic acids is 2. The number of halogens is 1. The summed E-state index contributed by atoms with van der Waals surface area (Å²) in [5.74, 6) is 2.99. The summed E-state index contributed by atoms with van der Waals surface area (Å²) >= 11 is 3.33. The highest BCUT2D eigenvalue weighted by molar-refractivity contribution is 9.09. The monoisotopic (exact) mass is 288 g/mol. The summed E-state index contributed by atoms with van der Waals surface area (Å²) in [5, 5.41) is 0.997. The molecule has 2 fully saturated rings. The van der Waals surface area contributed by atoms with Gasteiger partial charge in [-0.25, -0.2) is 0 Å². The van der Waals surface area contributed by atoms with Crippen LogP contribution in [0.5, 0.6) is 0 Å². The van der Waals surface area contributed by atoms with Gasteiger partial charge in [0.1, 0.15) is 11.6 Å². The van der Waals surface area contributed by atoms with Crippen molar-refractivity contribution in [1.29, 1.82) is 0 Å². The molecule has 0 aliphatic heterocycles. The van der Waals surface area contributed by atoms with E-state index in [9.17, 15) is 9.59 Å². The molecule has 2 aliphatic rings. The van der Waals surface area contributed by atoms with Gasteiger partial charge in [0, 0.05) is 17.2 Å². The molecule has 0 N–H and O–H groups in total. The molecule has 4 atom stereocenters. The molecule has 0 spiro atoms. The fraction of sp³-hybridized carbons (Fsp3) is 0.846. The molecule has 0 heterocycles. The van der Waals surface area contributed by atoms with Crippen LogP contribution in [0.2, 0.25) is 0 Å². The van der Waals surface area contributed by atoms with Crippen LogP contribution in [0.3, 0.4) is 0 Å². The fourth-order valence-electron chi connectivity index (χ4n) is 2.11. The Labute approximate surface area is 106 Å². The molecular weight excluding hydrogens is 268 g/mol. The maximum atomic E-state index is 10.6. The molecule has 2 nitrogen and oxygen atoms in total. The van der Waals surface area contributed by atoms with Crippen molar-refractivity contribution in [3.05, 3.63) is 0 Å². The third kappa shape index (κ3) is 4.00. The van der Waals surface area contributed by atoms with Gasteiger partial charge in [-0.2, -0.15) is 0 Å². The van der Waals surface area contributed by atoms with Crippen LogP contribution in [0.4, 0.5) is 0 Å². The molecule has 0 bridgehead atoms. The number of Topliss-reactive ketones (excluding diaryl/α,β-unsaturated/α-hetero) is 2. The Morgan fingerprint density at radius 1 is 1.06 bits per heavy atom. The Bertz CT molecular complexity index is 247. The van der Waals surface area contributed by atoms with Crippen molar-refractivity contribution in [2.45, 2.75) is 40.0 Å². The number of rotatable bonds is 4. The quantitative estimate of drug-likeness (QED) is 0.745. The van der Waals surface area contributed by atoms with Gasteiger partial charge in [-0.05, 0) is 38.5 Å². The highest BCUT2D eigenvalue weighted by Gasteiger charge is 2.39. The van der Waals surface area contributed by atoms with Gasteiger partial charge in [-0.3, -0.25) is 9.59 Å². The molecule has 0 amide bonds. The topological polar surface area (TPSA) is 34.1 Å². The molecule has 16 heavy (non-hydrogen) atoms. The molecule has 0 aromatic heterocycles. The van der Waals surface area contributed by atoms with E-state index in [0.29, 0.717) is 29.3 Å². The van der Waals surface area contributed by atoms with E-state index in [2.05, 4.69) is 22.9 Å². The van der Waals surface area contributed by atoms with Crippen LogP contribution in [0.15, 0.2) is 0 Å². The van der Waals surface area contributed by atoms with Crippen molar-refractivity contribution < 1.29 is 9.59 Å². The minimum atomic E-state index is 0.356. The minimum absolute atomic E-state index is 0.356. The predicted octanol–water partition coefficient (Wildman–Crippen LogP) is 3.23. The van der Waals surface area contributed by atoms with Gasteiger partial charge in [0.05, 0.1) is 0 Å². The Balaban J connectivity index is 0.000000160. The SMILES string of the molecule is CC(=O)[C@@H]1C[C@H]1CBr.CC[C@@H]1C[C@H]1C(C)=O. The first-order chi connectivity index (χ1) is 7.51. The molecule has 0 aromatic carbocycles. The summed E-state index contributed by atoms with van der Waals surface area (Å²) < 4.78 is 0. The van der Waals surface area contributed by atoms with Crippen LogP contribution in [0.25, 0.3) is 0 Å². The van der Waals surface area contributed by atoms with Crippen LogP contribution in [-0.2, 0) is 9.59 Å². The Morgan fingerprint density at radius 3 is 1.62 bits per heavy atom. The van der Waals surface area contributed by atoms with Crippen LogP contribution < -0.4 is 0 Å². The van der Waals surface area contributed by atoms with Gasteiger partial charge in [0.2, 0.25) is 0 Å². The largest absolute Gasteiger partial charge is 0.300 e. The summed E-state index contributed by atoms with van der Waals surface area (Å²) in [6, 6.07) is 0. The lowest BCUT2D eigenvalue weighted by Gasteiger charge is -1.85. The maximum Gasteiger partial charge on any atom is 0.133 e. The molecule has 0 saturated heterocycles. The lowest BCUT2D eigenvalue weighted by Crippen LogP contribution is -1.94. The number of ketones is 2. The van der Waals surface area contributed by atoms with Gasteiger partial charge in [-0.15, -0.1) is 0 Å². The van der Waals surface area contributed by atoms with Crippen LogP contribution in [0, 0.1) is 23.7 Å². The minimum Gasteiger partial charge on any atom is -0.300 e.